The predicted octanol–water partition coefficient (Wildman–Crippen LogP) is 4.12. The van der Waals surface area contributed by atoms with Crippen LogP contribution in [0.15, 0.2) is 40.9 Å². The number of aliphatic hydroxyl groups is 1. The highest BCUT2D eigenvalue weighted by Gasteiger charge is 2.16. The third-order valence-electron chi connectivity index (χ3n) is 2.76. The maximum Gasteiger partial charge on any atom is 0.129 e. The van der Waals surface area contributed by atoms with Gasteiger partial charge in [-0.2, -0.15) is 0 Å². The summed E-state index contributed by atoms with van der Waals surface area (Å²) < 4.78 is 27.7. The molecule has 2 rings (SSSR count). The summed E-state index contributed by atoms with van der Waals surface area (Å²) in [6.07, 6.45) is -1.18. The van der Waals surface area contributed by atoms with Gasteiger partial charge in [-0.15, -0.1) is 0 Å². The largest absolute Gasteiger partial charge is 0.384 e. The minimum absolute atomic E-state index is 0.118. The molecule has 4 heteroatoms. The van der Waals surface area contributed by atoms with Gasteiger partial charge in [-0.05, 0) is 42.3 Å². The lowest BCUT2D eigenvalue weighted by Gasteiger charge is -2.13. The van der Waals surface area contributed by atoms with Crippen molar-refractivity contribution in [2.75, 3.05) is 0 Å². The van der Waals surface area contributed by atoms with Crippen LogP contribution in [0.4, 0.5) is 8.78 Å². The predicted molar refractivity (Wildman–Crippen MR) is 69.3 cm³/mol. The number of benzene rings is 2. The molecule has 0 radical (unpaired) electrons. The number of aliphatic hydroxyl groups excluding tert-OH is 1. The first-order valence-electron chi connectivity index (χ1n) is 5.38. The molecule has 1 atom stereocenters. The maximum atomic E-state index is 13.6. The van der Waals surface area contributed by atoms with Gasteiger partial charge < -0.3 is 5.11 Å². The first-order chi connectivity index (χ1) is 8.49. The molecule has 1 unspecified atom stereocenters. The topological polar surface area (TPSA) is 20.2 Å². The first-order valence-corrected chi connectivity index (χ1v) is 6.17. The SMILES string of the molecule is Cc1ccc(C(O)c2cc(Br)ccc2F)cc1F. The summed E-state index contributed by atoms with van der Waals surface area (Å²) in [6.45, 7) is 1.63. The highest BCUT2D eigenvalue weighted by molar-refractivity contribution is 9.10. The van der Waals surface area contributed by atoms with Crippen LogP contribution in [0.2, 0.25) is 0 Å². The van der Waals surface area contributed by atoms with E-state index in [1.54, 1.807) is 25.1 Å². The molecule has 94 valence electrons. The zero-order chi connectivity index (χ0) is 13.3. The Bertz CT molecular complexity index is 584. The molecule has 2 aromatic rings. The molecular weight excluding hydrogens is 302 g/mol. The molecule has 0 aromatic heterocycles. The number of rotatable bonds is 2. The molecule has 0 saturated heterocycles. The molecule has 1 nitrogen and oxygen atoms in total. The molecule has 2 aromatic carbocycles. The van der Waals surface area contributed by atoms with E-state index in [0.717, 1.165) is 0 Å². The fraction of sp³-hybridized carbons (Fsp3) is 0.143. The van der Waals surface area contributed by atoms with Gasteiger partial charge in [0, 0.05) is 10.0 Å². The van der Waals surface area contributed by atoms with Crippen LogP contribution in [0, 0.1) is 18.6 Å². The number of halogens is 3. The second-order valence-corrected chi connectivity index (χ2v) is 4.99. The lowest BCUT2D eigenvalue weighted by atomic mass is 10.00. The smallest absolute Gasteiger partial charge is 0.129 e. The van der Waals surface area contributed by atoms with Crippen molar-refractivity contribution in [3.05, 3.63) is 69.2 Å². The van der Waals surface area contributed by atoms with Crippen molar-refractivity contribution in [1.29, 1.82) is 0 Å². The number of hydrogen-bond acceptors (Lipinski definition) is 1. The van der Waals surface area contributed by atoms with E-state index in [-0.39, 0.29) is 5.56 Å². The van der Waals surface area contributed by atoms with Crippen LogP contribution in [-0.2, 0) is 0 Å². The molecule has 0 fully saturated rings. The number of hydrogen-bond donors (Lipinski definition) is 1. The van der Waals surface area contributed by atoms with Gasteiger partial charge in [-0.3, -0.25) is 0 Å². The van der Waals surface area contributed by atoms with Crippen LogP contribution in [0.5, 0.6) is 0 Å². The molecule has 1 N–H and O–H groups in total. The summed E-state index contributed by atoms with van der Waals surface area (Å²) in [6, 6.07) is 8.65. The van der Waals surface area contributed by atoms with Crippen molar-refractivity contribution in [2.45, 2.75) is 13.0 Å². The molecule has 0 saturated carbocycles. The fourth-order valence-corrected chi connectivity index (χ4v) is 2.06. The van der Waals surface area contributed by atoms with Crippen molar-refractivity contribution < 1.29 is 13.9 Å². The van der Waals surface area contributed by atoms with Gasteiger partial charge in [0.1, 0.15) is 17.7 Å². The lowest BCUT2D eigenvalue weighted by molar-refractivity contribution is 0.214. The third kappa shape index (κ3) is 2.60. The summed E-state index contributed by atoms with van der Waals surface area (Å²) in [7, 11) is 0. The highest BCUT2D eigenvalue weighted by atomic mass is 79.9. The van der Waals surface area contributed by atoms with Crippen molar-refractivity contribution in [2.24, 2.45) is 0 Å². The van der Waals surface area contributed by atoms with E-state index in [9.17, 15) is 13.9 Å². The minimum Gasteiger partial charge on any atom is -0.384 e. The van der Waals surface area contributed by atoms with E-state index in [1.165, 1.54) is 18.2 Å². The summed E-state index contributed by atoms with van der Waals surface area (Å²) in [4.78, 5) is 0. The molecule has 0 heterocycles. The van der Waals surface area contributed by atoms with Crippen LogP contribution >= 0.6 is 15.9 Å². The Balaban J connectivity index is 2.44. The zero-order valence-electron chi connectivity index (χ0n) is 9.62. The van der Waals surface area contributed by atoms with E-state index in [2.05, 4.69) is 15.9 Å². The second-order valence-electron chi connectivity index (χ2n) is 4.08. The number of aryl methyl sites for hydroxylation is 1. The van der Waals surface area contributed by atoms with Gasteiger partial charge >= 0.3 is 0 Å². The van der Waals surface area contributed by atoms with Crippen molar-refractivity contribution >= 4 is 15.9 Å². The van der Waals surface area contributed by atoms with E-state index < -0.39 is 17.7 Å². The Morgan fingerprint density at radius 3 is 2.44 bits per heavy atom. The highest BCUT2D eigenvalue weighted by Crippen LogP contribution is 2.27. The minimum atomic E-state index is -1.18. The van der Waals surface area contributed by atoms with Gasteiger partial charge in [-0.1, -0.05) is 28.1 Å². The van der Waals surface area contributed by atoms with Gasteiger partial charge in [0.25, 0.3) is 0 Å². The van der Waals surface area contributed by atoms with Gasteiger partial charge in [0.05, 0.1) is 0 Å². The van der Waals surface area contributed by atoms with Crippen LogP contribution in [0.3, 0.4) is 0 Å². The monoisotopic (exact) mass is 312 g/mol. The molecule has 0 bridgehead atoms. The summed E-state index contributed by atoms with van der Waals surface area (Å²) >= 11 is 3.21. The van der Waals surface area contributed by atoms with E-state index in [1.807, 2.05) is 0 Å². The van der Waals surface area contributed by atoms with Crippen LogP contribution < -0.4 is 0 Å². The molecule has 0 amide bonds. The molecule has 0 spiro atoms. The lowest BCUT2D eigenvalue weighted by Crippen LogP contribution is -2.03. The van der Waals surface area contributed by atoms with Gasteiger partial charge in [0.2, 0.25) is 0 Å². The Morgan fingerprint density at radius 1 is 1.06 bits per heavy atom. The average Bonchev–Trinajstić information content (AvgIpc) is 2.35. The van der Waals surface area contributed by atoms with Crippen molar-refractivity contribution in [3.8, 4) is 0 Å². The average molecular weight is 313 g/mol. The summed E-state index contributed by atoms with van der Waals surface area (Å²) in [5.74, 6) is -0.936. The van der Waals surface area contributed by atoms with E-state index >= 15 is 0 Å². The van der Waals surface area contributed by atoms with E-state index in [0.29, 0.717) is 15.6 Å². The quantitative estimate of drug-likeness (QED) is 0.884. The zero-order valence-corrected chi connectivity index (χ0v) is 11.2. The molecule has 18 heavy (non-hydrogen) atoms. The van der Waals surface area contributed by atoms with Crippen molar-refractivity contribution in [3.63, 3.8) is 0 Å². The Morgan fingerprint density at radius 2 is 1.78 bits per heavy atom. The standard InChI is InChI=1S/C14H11BrF2O/c1-8-2-3-9(6-13(8)17)14(18)11-7-10(15)4-5-12(11)16/h2-7,14,18H,1H3. The van der Waals surface area contributed by atoms with Gasteiger partial charge in [-0.25, -0.2) is 8.78 Å². The van der Waals surface area contributed by atoms with Gasteiger partial charge in [0.15, 0.2) is 0 Å². The van der Waals surface area contributed by atoms with Crippen LogP contribution in [-0.4, -0.2) is 5.11 Å². The third-order valence-corrected chi connectivity index (χ3v) is 3.26. The fourth-order valence-electron chi connectivity index (χ4n) is 1.68. The normalized spacial score (nSPS) is 12.5. The molecule has 0 aliphatic heterocycles. The Kier molecular flexibility index (Phi) is 3.78. The molecule has 0 aliphatic rings. The summed E-state index contributed by atoms with van der Waals surface area (Å²) in [5, 5.41) is 10.1. The maximum absolute atomic E-state index is 13.6. The van der Waals surface area contributed by atoms with Crippen LogP contribution in [0.1, 0.15) is 22.8 Å². The molecular formula is C14H11BrF2O. The van der Waals surface area contributed by atoms with Crippen LogP contribution in [0.25, 0.3) is 0 Å². The molecule has 0 aliphatic carbocycles. The van der Waals surface area contributed by atoms with Crippen molar-refractivity contribution in [1.82, 2.24) is 0 Å². The first kappa shape index (κ1) is 13.2. The Hall–Kier alpha value is -1.26. The van der Waals surface area contributed by atoms with E-state index in [4.69, 9.17) is 0 Å². The summed E-state index contributed by atoms with van der Waals surface area (Å²) in [5.41, 5.74) is 0.934. The Labute approximate surface area is 112 Å². The second kappa shape index (κ2) is 5.16.